The highest BCUT2D eigenvalue weighted by molar-refractivity contribution is 5.02. The van der Waals surface area contributed by atoms with E-state index in [2.05, 4.69) is 13.0 Å². The smallest absolute Gasteiger partial charge is 0.0719 e. The lowest BCUT2D eigenvalue weighted by Gasteiger charge is -2.03. The fourth-order valence-corrected chi connectivity index (χ4v) is 0.895. The lowest BCUT2D eigenvalue weighted by molar-refractivity contribution is 0.231. The van der Waals surface area contributed by atoms with Gasteiger partial charge in [0.15, 0.2) is 0 Å². The predicted molar refractivity (Wildman–Crippen MR) is 49.6 cm³/mol. The molecule has 0 rings (SSSR count). The molecule has 0 spiro atoms. The molecule has 0 saturated heterocycles. The van der Waals surface area contributed by atoms with Crippen molar-refractivity contribution in [3.8, 4) is 0 Å². The monoisotopic (exact) mass is 156 g/mol. The molecule has 0 fully saturated rings. The summed E-state index contributed by atoms with van der Waals surface area (Å²) in [5, 5.41) is 9.11. The number of unbranched alkanes of at least 4 members (excludes halogenated alkanes) is 3. The third-order valence-corrected chi connectivity index (χ3v) is 1.93. The first kappa shape index (κ1) is 10.7. The van der Waals surface area contributed by atoms with Gasteiger partial charge in [-0.3, -0.25) is 0 Å². The minimum absolute atomic E-state index is 0.267. The first-order valence-electron chi connectivity index (χ1n) is 4.53. The number of hydrogen-bond donors (Lipinski definition) is 1. The Labute approximate surface area is 70.1 Å². The Morgan fingerprint density at radius 3 is 2.55 bits per heavy atom. The van der Waals surface area contributed by atoms with Gasteiger partial charge in [0.1, 0.15) is 0 Å². The average Bonchev–Trinajstić information content (AvgIpc) is 1.97. The van der Waals surface area contributed by atoms with Gasteiger partial charge < -0.3 is 5.11 Å². The zero-order chi connectivity index (χ0) is 8.69. The van der Waals surface area contributed by atoms with Crippen molar-refractivity contribution >= 4 is 0 Å². The van der Waals surface area contributed by atoms with E-state index in [0.29, 0.717) is 0 Å². The molecule has 0 heterocycles. The zero-order valence-corrected chi connectivity index (χ0v) is 7.93. The van der Waals surface area contributed by atoms with E-state index in [1.165, 1.54) is 19.3 Å². The van der Waals surface area contributed by atoms with E-state index in [0.717, 1.165) is 12.0 Å². The van der Waals surface area contributed by atoms with Gasteiger partial charge in [-0.2, -0.15) is 0 Å². The van der Waals surface area contributed by atoms with Gasteiger partial charge in [-0.15, -0.1) is 0 Å². The molecule has 66 valence electrons. The second-order valence-corrected chi connectivity index (χ2v) is 3.12. The molecule has 1 atom stereocenters. The summed E-state index contributed by atoms with van der Waals surface area (Å²) in [5.74, 6) is 0. The number of rotatable bonds is 5. The highest BCUT2D eigenvalue weighted by Gasteiger charge is 1.95. The van der Waals surface area contributed by atoms with E-state index in [4.69, 9.17) is 5.11 Å². The Hall–Kier alpha value is -0.300. The third kappa shape index (κ3) is 6.11. The maximum Gasteiger partial charge on any atom is 0.0719 e. The van der Waals surface area contributed by atoms with E-state index in [9.17, 15) is 0 Å². The summed E-state index contributed by atoms with van der Waals surface area (Å²) < 4.78 is 0. The fraction of sp³-hybridized carbons (Fsp3) is 0.800. The molecule has 1 unspecified atom stereocenters. The van der Waals surface area contributed by atoms with E-state index in [1.807, 2.05) is 13.8 Å². The van der Waals surface area contributed by atoms with Crippen LogP contribution < -0.4 is 0 Å². The van der Waals surface area contributed by atoms with Gasteiger partial charge in [0, 0.05) is 0 Å². The van der Waals surface area contributed by atoms with Crippen LogP contribution in [0.5, 0.6) is 0 Å². The SMILES string of the molecule is CCCCC/C=C(\C)C(C)O. The van der Waals surface area contributed by atoms with Crippen molar-refractivity contribution < 1.29 is 5.11 Å². The molecular formula is C10H20O. The van der Waals surface area contributed by atoms with Crippen LogP contribution in [0.3, 0.4) is 0 Å². The molecule has 1 heteroatoms. The van der Waals surface area contributed by atoms with Gasteiger partial charge in [-0.25, -0.2) is 0 Å². The predicted octanol–water partition coefficient (Wildman–Crippen LogP) is 2.89. The molecule has 0 bridgehead atoms. The Bertz CT molecular complexity index is 114. The molecule has 0 radical (unpaired) electrons. The van der Waals surface area contributed by atoms with Gasteiger partial charge in [0.25, 0.3) is 0 Å². The van der Waals surface area contributed by atoms with Crippen molar-refractivity contribution in [2.75, 3.05) is 0 Å². The minimum atomic E-state index is -0.267. The summed E-state index contributed by atoms with van der Waals surface area (Å²) in [7, 11) is 0. The molecule has 0 aromatic carbocycles. The number of aliphatic hydroxyl groups is 1. The summed E-state index contributed by atoms with van der Waals surface area (Å²) >= 11 is 0. The number of allylic oxidation sites excluding steroid dienone is 1. The standard InChI is InChI=1S/C10H20O/c1-4-5-6-7-8-9(2)10(3)11/h8,10-11H,4-7H2,1-3H3/b9-8+. The molecule has 0 aliphatic carbocycles. The van der Waals surface area contributed by atoms with E-state index < -0.39 is 0 Å². The summed E-state index contributed by atoms with van der Waals surface area (Å²) in [6, 6.07) is 0. The Kier molecular flexibility index (Phi) is 6.24. The van der Waals surface area contributed by atoms with Crippen molar-refractivity contribution in [3.05, 3.63) is 11.6 Å². The number of aliphatic hydroxyl groups excluding tert-OH is 1. The summed E-state index contributed by atoms with van der Waals surface area (Å²) in [6.45, 7) is 5.99. The van der Waals surface area contributed by atoms with Crippen molar-refractivity contribution in [3.63, 3.8) is 0 Å². The molecule has 1 N–H and O–H groups in total. The second kappa shape index (κ2) is 6.41. The van der Waals surface area contributed by atoms with Crippen LogP contribution in [-0.4, -0.2) is 11.2 Å². The lowest BCUT2D eigenvalue weighted by Crippen LogP contribution is -2.00. The van der Waals surface area contributed by atoms with Crippen LogP contribution in [0.25, 0.3) is 0 Å². The summed E-state index contributed by atoms with van der Waals surface area (Å²) in [6.07, 6.45) is 6.80. The normalized spacial score (nSPS) is 15.1. The van der Waals surface area contributed by atoms with Crippen LogP contribution in [0, 0.1) is 0 Å². The van der Waals surface area contributed by atoms with Crippen LogP contribution >= 0.6 is 0 Å². The van der Waals surface area contributed by atoms with Crippen molar-refractivity contribution in [1.29, 1.82) is 0 Å². The molecular weight excluding hydrogens is 136 g/mol. The summed E-state index contributed by atoms with van der Waals surface area (Å²) in [5.41, 5.74) is 1.10. The molecule has 1 nitrogen and oxygen atoms in total. The Morgan fingerprint density at radius 2 is 2.09 bits per heavy atom. The van der Waals surface area contributed by atoms with Gasteiger partial charge in [-0.1, -0.05) is 25.8 Å². The molecule has 0 amide bonds. The minimum Gasteiger partial charge on any atom is -0.389 e. The molecule has 0 aliphatic heterocycles. The maximum atomic E-state index is 9.11. The fourth-order valence-electron chi connectivity index (χ4n) is 0.895. The lowest BCUT2D eigenvalue weighted by atomic mass is 10.1. The van der Waals surface area contributed by atoms with E-state index in [-0.39, 0.29) is 6.10 Å². The van der Waals surface area contributed by atoms with Crippen LogP contribution in [0.1, 0.15) is 46.5 Å². The third-order valence-electron chi connectivity index (χ3n) is 1.93. The Morgan fingerprint density at radius 1 is 1.45 bits per heavy atom. The molecule has 0 saturated carbocycles. The molecule has 0 aromatic rings. The van der Waals surface area contributed by atoms with Gasteiger partial charge in [0.05, 0.1) is 6.10 Å². The topological polar surface area (TPSA) is 20.2 Å². The highest BCUT2D eigenvalue weighted by Crippen LogP contribution is 2.05. The van der Waals surface area contributed by atoms with Gasteiger partial charge >= 0.3 is 0 Å². The molecule has 11 heavy (non-hydrogen) atoms. The highest BCUT2D eigenvalue weighted by atomic mass is 16.3. The quantitative estimate of drug-likeness (QED) is 0.479. The molecule has 0 aromatic heterocycles. The maximum absolute atomic E-state index is 9.11. The van der Waals surface area contributed by atoms with Crippen LogP contribution in [-0.2, 0) is 0 Å². The average molecular weight is 156 g/mol. The van der Waals surface area contributed by atoms with Gasteiger partial charge in [0.2, 0.25) is 0 Å². The van der Waals surface area contributed by atoms with E-state index >= 15 is 0 Å². The zero-order valence-electron chi connectivity index (χ0n) is 7.93. The first-order chi connectivity index (χ1) is 5.18. The van der Waals surface area contributed by atoms with Gasteiger partial charge in [-0.05, 0) is 32.3 Å². The van der Waals surface area contributed by atoms with Crippen LogP contribution in [0.2, 0.25) is 0 Å². The van der Waals surface area contributed by atoms with E-state index in [1.54, 1.807) is 0 Å². The van der Waals surface area contributed by atoms with Crippen molar-refractivity contribution in [1.82, 2.24) is 0 Å². The van der Waals surface area contributed by atoms with Crippen LogP contribution in [0.4, 0.5) is 0 Å². The largest absolute Gasteiger partial charge is 0.389 e. The van der Waals surface area contributed by atoms with Crippen molar-refractivity contribution in [2.45, 2.75) is 52.6 Å². The van der Waals surface area contributed by atoms with Crippen molar-refractivity contribution in [2.24, 2.45) is 0 Å². The first-order valence-corrected chi connectivity index (χ1v) is 4.53. The Balaban J connectivity index is 3.40. The second-order valence-electron chi connectivity index (χ2n) is 3.12. The van der Waals surface area contributed by atoms with Crippen LogP contribution in [0.15, 0.2) is 11.6 Å². The summed E-state index contributed by atoms with van der Waals surface area (Å²) in [4.78, 5) is 0. The molecule has 0 aliphatic rings. The number of hydrogen-bond acceptors (Lipinski definition) is 1.